The van der Waals surface area contributed by atoms with E-state index in [4.69, 9.17) is 0 Å². The van der Waals surface area contributed by atoms with Gasteiger partial charge in [0, 0.05) is 56.5 Å². The molecule has 0 spiro atoms. The van der Waals surface area contributed by atoms with E-state index in [-0.39, 0.29) is 12.1 Å². The van der Waals surface area contributed by atoms with E-state index in [1.165, 1.54) is 5.56 Å². The molecule has 0 unspecified atom stereocenters. The van der Waals surface area contributed by atoms with E-state index in [1.54, 1.807) is 18.1 Å². The summed E-state index contributed by atoms with van der Waals surface area (Å²) >= 11 is 1.79. The number of urea groups is 1. The molecule has 0 saturated carbocycles. The van der Waals surface area contributed by atoms with E-state index < -0.39 is 0 Å². The summed E-state index contributed by atoms with van der Waals surface area (Å²) in [4.78, 5) is 24.1. The summed E-state index contributed by atoms with van der Waals surface area (Å²) in [7, 11) is 1.91. The van der Waals surface area contributed by atoms with Gasteiger partial charge in [0.15, 0.2) is 0 Å². The Morgan fingerprint density at radius 3 is 2.96 bits per heavy atom. The number of amides is 2. The molecule has 27 heavy (non-hydrogen) atoms. The summed E-state index contributed by atoms with van der Waals surface area (Å²) < 4.78 is 0. The summed E-state index contributed by atoms with van der Waals surface area (Å²) in [5, 5.41) is 3.04. The molecule has 0 aliphatic carbocycles. The molecule has 1 aliphatic heterocycles. The zero-order chi connectivity index (χ0) is 19.1. The number of nitrogens with zero attached hydrogens (tertiary/aromatic N) is 3. The molecule has 0 radical (unpaired) electrons. The van der Waals surface area contributed by atoms with Gasteiger partial charge in [-0.15, -0.1) is 0 Å². The van der Waals surface area contributed by atoms with Crippen molar-refractivity contribution in [3.05, 3.63) is 53.6 Å². The minimum absolute atomic E-state index is 0.0260. The van der Waals surface area contributed by atoms with E-state index in [0.29, 0.717) is 6.54 Å². The highest BCUT2D eigenvalue weighted by Gasteiger charge is 2.28. The number of hydrogen-bond donors (Lipinski definition) is 2. The second-order valence-electron chi connectivity index (χ2n) is 7.03. The lowest BCUT2D eigenvalue weighted by Gasteiger charge is -2.25. The van der Waals surface area contributed by atoms with Crippen LogP contribution >= 0.6 is 11.8 Å². The van der Waals surface area contributed by atoms with Gasteiger partial charge in [-0.1, -0.05) is 30.3 Å². The maximum Gasteiger partial charge on any atom is 0.317 e. The quantitative estimate of drug-likeness (QED) is 0.684. The average Bonchev–Trinajstić information content (AvgIpc) is 3.31. The number of aromatic nitrogens is 2. The number of carbonyl (C=O) groups is 1. The zero-order valence-electron chi connectivity index (χ0n) is 16.1. The summed E-state index contributed by atoms with van der Waals surface area (Å²) in [6.07, 6.45) is 2.76. The Morgan fingerprint density at radius 2 is 2.22 bits per heavy atom. The highest BCUT2D eigenvalue weighted by molar-refractivity contribution is 7.98. The fraction of sp³-hybridized carbons (Fsp3) is 0.500. The Bertz CT molecular complexity index is 720. The molecule has 7 heteroatoms. The molecule has 2 amide bonds. The van der Waals surface area contributed by atoms with Gasteiger partial charge in [-0.3, -0.25) is 4.90 Å². The summed E-state index contributed by atoms with van der Waals surface area (Å²) in [5.41, 5.74) is 3.54. The molecule has 6 nitrogen and oxygen atoms in total. The van der Waals surface area contributed by atoms with Crippen LogP contribution in [0.1, 0.15) is 23.4 Å². The molecule has 1 saturated heterocycles. The van der Waals surface area contributed by atoms with Crippen LogP contribution in [0.15, 0.2) is 36.7 Å². The third-order valence-electron chi connectivity index (χ3n) is 5.06. The van der Waals surface area contributed by atoms with Crippen LogP contribution in [-0.2, 0) is 12.3 Å². The van der Waals surface area contributed by atoms with Crippen LogP contribution in [0.25, 0.3) is 0 Å². The number of likely N-dealkylation sites (tertiary alicyclic amines) is 1. The molecule has 1 aliphatic rings. The van der Waals surface area contributed by atoms with Crippen molar-refractivity contribution in [2.45, 2.75) is 31.7 Å². The molecule has 3 rings (SSSR count). The highest BCUT2D eigenvalue weighted by atomic mass is 32.2. The number of aromatic amines is 1. The third kappa shape index (κ3) is 5.74. The predicted molar refractivity (Wildman–Crippen MR) is 111 cm³/mol. The van der Waals surface area contributed by atoms with Gasteiger partial charge in [-0.25, -0.2) is 9.78 Å². The Hall–Kier alpha value is -1.99. The lowest BCUT2D eigenvalue weighted by atomic mass is 10.2. The largest absolute Gasteiger partial charge is 0.348 e. The minimum Gasteiger partial charge on any atom is -0.348 e. The second kappa shape index (κ2) is 9.80. The van der Waals surface area contributed by atoms with Crippen molar-refractivity contribution in [3.8, 4) is 0 Å². The van der Waals surface area contributed by atoms with Crippen molar-refractivity contribution in [3.63, 3.8) is 0 Å². The van der Waals surface area contributed by atoms with E-state index in [2.05, 4.69) is 44.5 Å². The van der Waals surface area contributed by atoms with E-state index in [1.807, 2.05) is 24.9 Å². The number of benzene rings is 1. The third-order valence-corrected chi connectivity index (χ3v) is 6.03. The van der Waals surface area contributed by atoms with Gasteiger partial charge < -0.3 is 15.2 Å². The molecule has 1 aromatic carbocycles. The van der Waals surface area contributed by atoms with Crippen LogP contribution in [0, 0.1) is 6.92 Å². The Balaban J connectivity index is 1.33. The topological polar surface area (TPSA) is 64.3 Å². The van der Waals surface area contributed by atoms with Gasteiger partial charge in [-0.2, -0.15) is 11.8 Å². The molecular weight excluding hydrogens is 358 g/mol. The smallest absolute Gasteiger partial charge is 0.317 e. The van der Waals surface area contributed by atoms with Crippen LogP contribution in [0.4, 0.5) is 4.79 Å². The molecule has 2 N–H and O–H groups in total. The Morgan fingerprint density at radius 1 is 1.41 bits per heavy atom. The molecular formula is C20H29N5OS. The number of carbonyl (C=O) groups excluding carboxylic acids is 1. The molecule has 1 atom stereocenters. The van der Waals surface area contributed by atoms with Crippen molar-refractivity contribution < 1.29 is 4.79 Å². The number of nitrogens with one attached hydrogen (secondary N) is 2. The summed E-state index contributed by atoms with van der Waals surface area (Å²) in [6, 6.07) is 10.8. The van der Waals surface area contributed by atoms with Gasteiger partial charge in [0.05, 0.1) is 12.0 Å². The lowest BCUT2D eigenvalue weighted by Crippen LogP contribution is -2.45. The van der Waals surface area contributed by atoms with Crippen LogP contribution in [0.2, 0.25) is 0 Å². The number of imidazole rings is 1. The van der Waals surface area contributed by atoms with Crippen molar-refractivity contribution in [2.75, 3.05) is 32.4 Å². The predicted octanol–water partition coefficient (Wildman–Crippen LogP) is 2.87. The monoisotopic (exact) mass is 387 g/mol. The van der Waals surface area contributed by atoms with Crippen LogP contribution in [0.3, 0.4) is 0 Å². The first-order valence-electron chi connectivity index (χ1n) is 9.47. The average molecular weight is 388 g/mol. The minimum atomic E-state index is 0.0260. The lowest BCUT2D eigenvalue weighted by molar-refractivity contribution is 0.189. The van der Waals surface area contributed by atoms with Crippen molar-refractivity contribution in [1.29, 1.82) is 0 Å². The van der Waals surface area contributed by atoms with Crippen LogP contribution in [0.5, 0.6) is 0 Å². The maximum absolute atomic E-state index is 12.4. The second-order valence-corrected chi connectivity index (χ2v) is 8.14. The van der Waals surface area contributed by atoms with Gasteiger partial charge in [-0.05, 0) is 18.9 Å². The first-order valence-corrected chi connectivity index (χ1v) is 10.6. The highest BCUT2D eigenvalue weighted by Crippen LogP contribution is 2.17. The Labute approximate surface area is 165 Å². The summed E-state index contributed by atoms with van der Waals surface area (Å²) in [5.74, 6) is 1.76. The molecule has 1 aromatic heterocycles. The van der Waals surface area contributed by atoms with Crippen molar-refractivity contribution >= 4 is 17.8 Å². The van der Waals surface area contributed by atoms with Gasteiger partial charge in [0.1, 0.15) is 0 Å². The summed E-state index contributed by atoms with van der Waals surface area (Å²) in [6.45, 7) is 5.64. The number of thioether (sulfide) groups is 1. The van der Waals surface area contributed by atoms with Gasteiger partial charge in [0.2, 0.25) is 0 Å². The van der Waals surface area contributed by atoms with Crippen molar-refractivity contribution in [1.82, 2.24) is 25.1 Å². The first kappa shape index (κ1) is 19.8. The molecule has 2 aromatic rings. The van der Waals surface area contributed by atoms with Crippen LogP contribution < -0.4 is 5.32 Å². The van der Waals surface area contributed by atoms with Gasteiger partial charge in [0.25, 0.3) is 0 Å². The Kier molecular flexibility index (Phi) is 7.18. The molecule has 146 valence electrons. The van der Waals surface area contributed by atoms with E-state index in [0.717, 1.165) is 48.9 Å². The van der Waals surface area contributed by atoms with E-state index >= 15 is 0 Å². The fourth-order valence-electron chi connectivity index (χ4n) is 3.34. The molecule has 1 fully saturated rings. The molecule has 0 bridgehead atoms. The maximum atomic E-state index is 12.4. The first-order chi connectivity index (χ1) is 13.1. The number of rotatable bonds is 8. The van der Waals surface area contributed by atoms with E-state index in [9.17, 15) is 4.79 Å². The SMILES string of the molecule is Cc1[nH]cnc1CSCCNC(=O)N(C)[C@@H]1CCN(Cc2ccccc2)C1. The standard InChI is InChI=1S/C20H29N5OS/c1-16-19(23-15-22-16)14-27-11-9-21-20(26)24(2)18-8-10-25(13-18)12-17-6-4-3-5-7-17/h3-7,15,18H,8-14H2,1-2H3,(H,21,26)(H,22,23)/t18-/m1/s1. The number of H-pyrrole nitrogens is 1. The number of aryl methyl sites for hydroxylation is 1. The fourth-order valence-corrected chi connectivity index (χ4v) is 4.21. The van der Waals surface area contributed by atoms with Crippen LogP contribution in [-0.4, -0.2) is 64.3 Å². The normalized spacial score (nSPS) is 17.2. The molecule has 2 heterocycles. The number of hydrogen-bond acceptors (Lipinski definition) is 4. The number of likely N-dealkylation sites (N-methyl/N-ethyl adjacent to an activating group) is 1. The zero-order valence-corrected chi connectivity index (χ0v) is 17.0. The van der Waals surface area contributed by atoms with Crippen molar-refractivity contribution in [2.24, 2.45) is 0 Å². The van der Waals surface area contributed by atoms with Gasteiger partial charge >= 0.3 is 6.03 Å².